The molecular formula is C11H17N5O2S2. The van der Waals surface area contributed by atoms with Crippen LogP contribution in [0, 0.1) is 13.8 Å². The van der Waals surface area contributed by atoms with Crippen LogP contribution in [0.5, 0.6) is 0 Å². The molecule has 3 N–H and O–H groups in total. The van der Waals surface area contributed by atoms with E-state index in [2.05, 4.69) is 25.2 Å². The van der Waals surface area contributed by atoms with Crippen molar-refractivity contribution in [1.82, 2.24) is 25.2 Å². The summed E-state index contributed by atoms with van der Waals surface area (Å²) in [5, 5.41) is 12.3. The minimum atomic E-state index is -3.65. The number of hydrogen-bond acceptors (Lipinski definition) is 6. The second kappa shape index (κ2) is 6.00. The van der Waals surface area contributed by atoms with Gasteiger partial charge in [0, 0.05) is 23.2 Å². The predicted molar refractivity (Wildman–Crippen MR) is 77.0 cm³/mol. The highest BCUT2D eigenvalue weighted by Gasteiger charge is 2.23. The van der Waals surface area contributed by atoms with Gasteiger partial charge in [0.25, 0.3) is 10.0 Å². The number of sulfonamides is 1. The molecule has 0 bridgehead atoms. The molecule has 0 unspecified atom stereocenters. The maximum Gasteiger partial charge on any atom is 0.260 e. The van der Waals surface area contributed by atoms with Crippen molar-refractivity contribution in [2.45, 2.75) is 32.0 Å². The molecule has 0 amide bonds. The van der Waals surface area contributed by atoms with Gasteiger partial charge in [0.2, 0.25) is 0 Å². The first-order chi connectivity index (χ1) is 9.44. The van der Waals surface area contributed by atoms with Crippen molar-refractivity contribution in [3.63, 3.8) is 0 Å². The van der Waals surface area contributed by atoms with Gasteiger partial charge >= 0.3 is 0 Å². The molecule has 2 aromatic rings. The van der Waals surface area contributed by atoms with Gasteiger partial charge in [-0.3, -0.25) is 5.10 Å². The fraction of sp³-hybridized carbons (Fsp3) is 0.455. The molecule has 9 heteroatoms. The second-order valence-corrected chi connectivity index (χ2v) is 7.09. The summed E-state index contributed by atoms with van der Waals surface area (Å²) in [6, 6.07) is 0. The number of nitrogens with zero attached hydrogens (tertiary/aromatic N) is 2. The van der Waals surface area contributed by atoms with Gasteiger partial charge in [-0.2, -0.15) is 5.10 Å². The van der Waals surface area contributed by atoms with Crippen molar-refractivity contribution in [2.24, 2.45) is 0 Å². The summed E-state index contributed by atoms with van der Waals surface area (Å²) in [7, 11) is -1.89. The Morgan fingerprint density at radius 3 is 2.70 bits per heavy atom. The zero-order valence-electron chi connectivity index (χ0n) is 11.5. The van der Waals surface area contributed by atoms with Crippen molar-refractivity contribution in [2.75, 3.05) is 7.05 Å². The quantitative estimate of drug-likeness (QED) is 0.728. The van der Waals surface area contributed by atoms with Crippen molar-refractivity contribution in [1.29, 1.82) is 0 Å². The van der Waals surface area contributed by atoms with E-state index in [-0.39, 0.29) is 11.6 Å². The van der Waals surface area contributed by atoms with Crippen LogP contribution in [0.3, 0.4) is 0 Å². The Hall–Kier alpha value is -1.29. The number of aromatic amines is 1. The number of hydrogen-bond donors (Lipinski definition) is 3. The van der Waals surface area contributed by atoms with Gasteiger partial charge in [0.1, 0.15) is 0 Å². The first kappa shape index (κ1) is 15.1. The molecule has 0 atom stereocenters. The molecule has 0 aliphatic heterocycles. The lowest BCUT2D eigenvalue weighted by molar-refractivity contribution is 0.574. The molecule has 20 heavy (non-hydrogen) atoms. The second-order valence-electron chi connectivity index (χ2n) is 4.35. The Kier molecular flexibility index (Phi) is 4.53. The standard InChI is InChI=1S/C11H17N5O2S2/c1-7-10(5-12-3)11(16-15-7)20(17,18)13-4-9-6-19-8(2)14-9/h6,12-13H,4-5H2,1-3H3,(H,15,16). The summed E-state index contributed by atoms with van der Waals surface area (Å²) in [4.78, 5) is 4.22. The first-order valence-corrected chi connectivity index (χ1v) is 8.39. The third-order valence-corrected chi connectivity index (χ3v) is 4.95. The van der Waals surface area contributed by atoms with Gasteiger partial charge in [0.15, 0.2) is 5.03 Å². The zero-order chi connectivity index (χ0) is 14.8. The first-order valence-electron chi connectivity index (χ1n) is 6.03. The van der Waals surface area contributed by atoms with E-state index in [1.165, 1.54) is 11.3 Å². The SMILES string of the molecule is CNCc1c(S(=O)(=O)NCc2csc(C)n2)n[nH]c1C. The number of aryl methyl sites for hydroxylation is 2. The monoisotopic (exact) mass is 315 g/mol. The van der Waals surface area contributed by atoms with Crippen molar-refractivity contribution in [3.05, 3.63) is 27.3 Å². The van der Waals surface area contributed by atoms with Crippen LogP contribution in [0.25, 0.3) is 0 Å². The molecule has 2 rings (SSSR count). The normalized spacial score (nSPS) is 11.9. The molecule has 0 aromatic carbocycles. The van der Waals surface area contributed by atoms with Crippen LogP contribution >= 0.6 is 11.3 Å². The Morgan fingerprint density at radius 1 is 1.35 bits per heavy atom. The van der Waals surface area contributed by atoms with Crippen molar-refractivity contribution < 1.29 is 8.42 Å². The Labute approximate surface area is 121 Å². The van der Waals surface area contributed by atoms with Crippen LogP contribution < -0.4 is 10.0 Å². The van der Waals surface area contributed by atoms with E-state index in [4.69, 9.17) is 0 Å². The molecule has 0 spiro atoms. The minimum absolute atomic E-state index is 0.0382. The maximum absolute atomic E-state index is 12.3. The molecule has 0 fully saturated rings. The summed E-state index contributed by atoms with van der Waals surface area (Å²) in [6.45, 7) is 4.28. The molecule has 110 valence electrons. The highest BCUT2D eigenvalue weighted by molar-refractivity contribution is 7.89. The number of aromatic nitrogens is 3. The molecule has 0 radical (unpaired) electrons. The zero-order valence-corrected chi connectivity index (χ0v) is 13.2. The van der Waals surface area contributed by atoms with Crippen LogP contribution in [0.15, 0.2) is 10.4 Å². The van der Waals surface area contributed by atoms with Crippen LogP contribution in [-0.4, -0.2) is 30.6 Å². The van der Waals surface area contributed by atoms with E-state index >= 15 is 0 Å². The fourth-order valence-electron chi connectivity index (χ4n) is 1.76. The highest BCUT2D eigenvalue weighted by Crippen LogP contribution is 2.16. The Morgan fingerprint density at radius 2 is 2.10 bits per heavy atom. The molecule has 7 nitrogen and oxygen atoms in total. The Balaban J connectivity index is 2.18. The van der Waals surface area contributed by atoms with E-state index in [0.29, 0.717) is 17.8 Å². The van der Waals surface area contributed by atoms with E-state index < -0.39 is 10.0 Å². The topological polar surface area (TPSA) is 99.8 Å². The van der Waals surface area contributed by atoms with E-state index in [1.807, 2.05) is 12.3 Å². The molecule has 0 saturated carbocycles. The smallest absolute Gasteiger partial charge is 0.260 e. The third-order valence-electron chi connectivity index (χ3n) is 2.75. The summed E-state index contributed by atoms with van der Waals surface area (Å²) >= 11 is 1.49. The third kappa shape index (κ3) is 3.23. The maximum atomic E-state index is 12.3. The lowest BCUT2D eigenvalue weighted by Crippen LogP contribution is -2.25. The van der Waals surface area contributed by atoms with Crippen LogP contribution in [-0.2, 0) is 23.1 Å². The highest BCUT2D eigenvalue weighted by atomic mass is 32.2. The molecule has 2 heterocycles. The minimum Gasteiger partial charge on any atom is -0.316 e. The summed E-state index contributed by atoms with van der Waals surface area (Å²) < 4.78 is 27.1. The molecule has 0 saturated heterocycles. The van der Waals surface area contributed by atoms with Gasteiger partial charge in [-0.1, -0.05) is 0 Å². The van der Waals surface area contributed by atoms with Gasteiger partial charge < -0.3 is 5.32 Å². The summed E-state index contributed by atoms with van der Waals surface area (Å²) in [5.41, 5.74) is 2.09. The fourth-order valence-corrected chi connectivity index (χ4v) is 3.57. The van der Waals surface area contributed by atoms with Gasteiger partial charge in [-0.15, -0.1) is 11.3 Å². The summed E-state index contributed by atoms with van der Waals surface area (Å²) in [5.74, 6) is 0. The van der Waals surface area contributed by atoms with Crippen molar-refractivity contribution >= 4 is 21.4 Å². The lowest BCUT2D eigenvalue weighted by atomic mass is 10.3. The predicted octanol–water partition coefficient (Wildman–Crippen LogP) is 0.681. The number of rotatable bonds is 6. The average molecular weight is 315 g/mol. The average Bonchev–Trinajstić information content (AvgIpc) is 2.96. The molecule has 0 aliphatic carbocycles. The van der Waals surface area contributed by atoms with Crippen LogP contribution in [0.4, 0.5) is 0 Å². The molecule has 0 aliphatic rings. The van der Waals surface area contributed by atoms with Crippen LogP contribution in [0.1, 0.15) is 22.0 Å². The summed E-state index contributed by atoms with van der Waals surface area (Å²) in [6.07, 6.45) is 0. The molecular weight excluding hydrogens is 298 g/mol. The number of nitrogens with one attached hydrogen (secondary N) is 3. The van der Waals surface area contributed by atoms with Crippen molar-refractivity contribution in [3.8, 4) is 0 Å². The van der Waals surface area contributed by atoms with E-state index in [1.54, 1.807) is 14.0 Å². The lowest BCUT2D eigenvalue weighted by Gasteiger charge is -2.05. The van der Waals surface area contributed by atoms with Gasteiger partial charge in [-0.25, -0.2) is 18.1 Å². The number of H-pyrrole nitrogens is 1. The van der Waals surface area contributed by atoms with E-state index in [9.17, 15) is 8.42 Å². The Bertz CT molecular complexity index is 689. The number of thiazole rings is 1. The molecule has 2 aromatic heterocycles. The van der Waals surface area contributed by atoms with Gasteiger partial charge in [0.05, 0.1) is 17.2 Å². The largest absolute Gasteiger partial charge is 0.316 e. The van der Waals surface area contributed by atoms with Crippen LogP contribution in [0.2, 0.25) is 0 Å². The van der Waals surface area contributed by atoms with E-state index in [0.717, 1.165) is 10.7 Å². The van der Waals surface area contributed by atoms with Gasteiger partial charge in [-0.05, 0) is 20.9 Å².